The number of fused-ring (bicyclic) bond motifs is 2. The maximum absolute atomic E-state index is 13.3. The predicted molar refractivity (Wildman–Crippen MR) is 149 cm³/mol. The number of nitrogens with one attached hydrogen (secondary N) is 1. The van der Waals surface area contributed by atoms with Gasteiger partial charge in [-0.1, -0.05) is 31.4 Å². The number of carbonyl (C=O) groups is 5. The highest BCUT2D eigenvalue weighted by Crippen LogP contribution is 2.37. The second kappa shape index (κ2) is 10.4. The lowest BCUT2D eigenvalue weighted by Crippen LogP contribution is -2.51. The maximum atomic E-state index is 13.3. The van der Waals surface area contributed by atoms with Gasteiger partial charge in [-0.15, -0.1) is 0 Å². The number of piperazine rings is 1. The first kappa shape index (κ1) is 26.9. The summed E-state index contributed by atoms with van der Waals surface area (Å²) in [6, 6.07) is 11.4. The largest absolute Gasteiger partial charge is 0.339 e. The molecule has 2 aromatic rings. The Balaban J connectivity index is 1.27. The maximum Gasteiger partial charge on any atom is 0.271 e. The van der Waals surface area contributed by atoms with Crippen LogP contribution in [0.5, 0.6) is 0 Å². The lowest BCUT2D eigenvalue weighted by atomic mass is 9.95. The van der Waals surface area contributed by atoms with E-state index in [4.69, 9.17) is 0 Å². The molecule has 10 nitrogen and oxygen atoms in total. The van der Waals surface area contributed by atoms with Crippen molar-refractivity contribution in [1.29, 1.82) is 0 Å². The van der Waals surface area contributed by atoms with E-state index in [9.17, 15) is 24.0 Å². The van der Waals surface area contributed by atoms with Crippen molar-refractivity contribution in [1.82, 2.24) is 20.0 Å². The van der Waals surface area contributed by atoms with Crippen LogP contribution in [0.3, 0.4) is 0 Å². The fraction of sp³-hybridized carbons (Fsp3) is 0.300. The highest BCUT2D eigenvalue weighted by Gasteiger charge is 2.34. The van der Waals surface area contributed by atoms with Crippen LogP contribution in [0.25, 0.3) is 11.1 Å². The number of hydrogen-bond acceptors (Lipinski definition) is 5. The Morgan fingerprint density at radius 3 is 2.17 bits per heavy atom. The zero-order chi connectivity index (χ0) is 28.7. The third-order valence-electron chi connectivity index (χ3n) is 7.76. The number of hydrogen-bond donors (Lipinski definition) is 1. The van der Waals surface area contributed by atoms with Crippen molar-refractivity contribution in [2.45, 2.75) is 26.8 Å². The number of benzene rings is 2. The number of anilines is 1. The van der Waals surface area contributed by atoms with Gasteiger partial charge in [-0.05, 0) is 46.9 Å². The molecule has 1 fully saturated rings. The van der Waals surface area contributed by atoms with Crippen LogP contribution in [0.1, 0.15) is 35.3 Å². The molecule has 0 spiro atoms. The Labute approximate surface area is 232 Å². The molecular formula is C30H31N5O5. The third kappa shape index (κ3) is 4.76. The van der Waals surface area contributed by atoms with E-state index in [-0.39, 0.29) is 35.7 Å². The fourth-order valence-electron chi connectivity index (χ4n) is 5.52. The Morgan fingerprint density at radius 2 is 1.50 bits per heavy atom. The molecule has 2 aromatic carbocycles. The van der Waals surface area contributed by atoms with E-state index in [2.05, 4.69) is 18.5 Å². The van der Waals surface area contributed by atoms with Crippen molar-refractivity contribution in [3.63, 3.8) is 0 Å². The molecule has 3 aliphatic heterocycles. The molecule has 1 N–H and O–H groups in total. The summed E-state index contributed by atoms with van der Waals surface area (Å²) in [5.41, 5.74) is 4.82. The highest BCUT2D eigenvalue weighted by molar-refractivity contribution is 6.08. The summed E-state index contributed by atoms with van der Waals surface area (Å²) in [5.74, 6) is -1.53. The van der Waals surface area contributed by atoms with Crippen LogP contribution in [-0.2, 0) is 32.1 Å². The summed E-state index contributed by atoms with van der Waals surface area (Å²) in [4.78, 5) is 68.8. The zero-order valence-corrected chi connectivity index (χ0v) is 22.7. The Kier molecular flexibility index (Phi) is 7.01. The Morgan fingerprint density at radius 1 is 0.825 bits per heavy atom. The predicted octanol–water partition coefficient (Wildman–Crippen LogP) is 2.05. The molecule has 0 aromatic heterocycles. The smallest absolute Gasteiger partial charge is 0.271 e. The summed E-state index contributed by atoms with van der Waals surface area (Å²) in [7, 11) is 0. The van der Waals surface area contributed by atoms with Gasteiger partial charge in [0.05, 0.1) is 12.2 Å². The number of carbonyl (C=O) groups excluding carboxylic acids is 5. The van der Waals surface area contributed by atoms with Gasteiger partial charge in [-0.3, -0.25) is 28.9 Å². The summed E-state index contributed by atoms with van der Waals surface area (Å²) in [6.07, 6.45) is 0.759. The molecule has 5 rings (SSSR count). The molecule has 0 atom stereocenters. The summed E-state index contributed by atoms with van der Waals surface area (Å²) < 4.78 is 0. The molecule has 0 bridgehead atoms. The molecule has 0 unspecified atom stereocenters. The molecule has 206 valence electrons. The molecule has 0 saturated carbocycles. The summed E-state index contributed by atoms with van der Waals surface area (Å²) >= 11 is 0. The van der Waals surface area contributed by atoms with E-state index in [0.29, 0.717) is 38.3 Å². The molecule has 5 amide bonds. The van der Waals surface area contributed by atoms with Gasteiger partial charge in [0.1, 0.15) is 5.70 Å². The standard InChI is InChI=1S/C30H31N5O5/c1-18(29(39)33-14-12-32(13-15-33)20(3)36)31-28(38)19(2)35-17-26-24(6-5-7-25(26)30(35)40)22-8-9-27-23(16-22)10-11-34(27)21(4)37/h5-9,16H,1-2,10-15,17H2,3-4H3,(H,31,38). The lowest BCUT2D eigenvalue weighted by molar-refractivity contribution is -0.136. The second-order valence-corrected chi connectivity index (χ2v) is 10.2. The molecule has 3 aliphatic rings. The van der Waals surface area contributed by atoms with E-state index >= 15 is 0 Å². The molecule has 1 saturated heterocycles. The van der Waals surface area contributed by atoms with Gasteiger partial charge in [-0.2, -0.15) is 0 Å². The molecule has 40 heavy (non-hydrogen) atoms. The van der Waals surface area contributed by atoms with Crippen molar-refractivity contribution >= 4 is 35.2 Å². The van der Waals surface area contributed by atoms with Crippen molar-refractivity contribution < 1.29 is 24.0 Å². The minimum Gasteiger partial charge on any atom is -0.339 e. The van der Waals surface area contributed by atoms with Gasteiger partial charge in [0.25, 0.3) is 17.7 Å². The highest BCUT2D eigenvalue weighted by atomic mass is 16.2. The molecule has 10 heteroatoms. The van der Waals surface area contributed by atoms with Gasteiger partial charge in [0.2, 0.25) is 11.8 Å². The molecule has 3 heterocycles. The number of rotatable bonds is 5. The Bertz CT molecular complexity index is 1490. The molecule has 0 aliphatic carbocycles. The normalized spacial score (nSPS) is 16.0. The van der Waals surface area contributed by atoms with Gasteiger partial charge in [0, 0.05) is 57.8 Å². The van der Waals surface area contributed by atoms with Crippen LogP contribution < -0.4 is 10.2 Å². The minimum atomic E-state index is -0.690. The first-order valence-electron chi connectivity index (χ1n) is 13.2. The quantitative estimate of drug-likeness (QED) is 0.583. The monoisotopic (exact) mass is 541 g/mol. The average Bonchev–Trinajstić information content (AvgIpc) is 3.53. The van der Waals surface area contributed by atoms with E-state index < -0.39 is 11.8 Å². The molecule has 0 radical (unpaired) electrons. The van der Waals surface area contributed by atoms with Gasteiger partial charge < -0.3 is 20.0 Å². The first-order chi connectivity index (χ1) is 19.1. The van der Waals surface area contributed by atoms with E-state index in [0.717, 1.165) is 34.4 Å². The SMILES string of the molecule is C=C(NC(=O)C(=C)N1Cc2c(cccc2-c2ccc3c(c2)CCN3C(C)=O)C1=O)C(=O)N1CCN(C(C)=O)CC1. The summed E-state index contributed by atoms with van der Waals surface area (Å²) in [6.45, 7) is 12.9. The van der Waals surface area contributed by atoms with Crippen LogP contribution in [0, 0.1) is 0 Å². The fourth-order valence-corrected chi connectivity index (χ4v) is 5.52. The van der Waals surface area contributed by atoms with Crippen LogP contribution in [-0.4, -0.2) is 77.0 Å². The number of nitrogens with zero attached hydrogens (tertiary/aromatic N) is 4. The van der Waals surface area contributed by atoms with Crippen molar-refractivity contribution in [2.75, 3.05) is 37.6 Å². The average molecular weight is 542 g/mol. The lowest BCUT2D eigenvalue weighted by Gasteiger charge is -2.34. The number of amides is 5. The van der Waals surface area contributed by atoms with Crippen molar-refractivity contribution in [3.05, 3.63) is 77.6 Å². The second-order valence-electron chi connectivity index (χ2n) is 10.2. The van der Waals surface area contributed by atoms with Crippen molar-refractivity contribution in [3.8, 4) is 11.1 Å². The van der Waals surface area contributed by atoms with Crippen LogP contribution in [0.15, 0.2) is 61.0 Å². The van der Waals surface area contributed by atoms with Crippen LogP contribution in [0.2, 0.25) is 0 Å². The minimum absolute atomic E-state index is 0.00469. The van der Waals surface area contributed by atoms with Crippen molar-refractivity contribution in [2.24, 2.45) is 0 Å². The zero-order valence-electron chi connectivity index (χ0n) is 22.7. The van der Waals surface area contributed by atoms with E-state index in [1.54, 1.807) is 28.9 Å². The summed E-state index contributed by atoms with van der Waals surface area (Å²) in [5, 5.41) is 2.49. The van der Waals surface area contributed by atoms with Gasteiger partial charge >= 0.3 is 0 Å². The first-order valence-corrected chi connectivity index (χ1v) is 13.2. The topological polar surface area (TPSA) is 110 Å². The van der Waals surface area contributed by atoms with E-state index in [1.807, 2.05) is 24.3 Å². The third-order valence-corrected chi connectivity index (χ3v) is 7.76. The van der Waals surface area contributed by atoms with Crippen LogP contribution >= 0.6 is 0 Å². The van der Waals surface area contributed by atoms with E-state index in [1.165, 1.54) is 16.7 Å². The van der Waals surface area contributed by atoms with Crippen LogP contribution in [0.4, 0.5) is 5.69 Å². The Hall–Kier alpha value is -4.73. The molecular weight excluding hydrogens is 510 g/mol. The van der Waals surface area contributed by atoms with Gasteiger partial charge in [0.15, 0.2) is 0 Å². The van der Waals surface area contributed by atoms with Gasteiger partial charge in [-0.25, -0.2) is 0 Å².